The van der Waals surface area contributed by atoms with Gasteiger partial charge in [-0.1, -0.05) is 60.7 Å². The van der Waals surface area contributed by atoms with Crippen LogP contribution in [0.2, 0.25) is 0 Å². The van der Waals surface area contributed by atoms with Crippen LogP contribution in [0.15, 0.2) is 118 Å². The van der Waals surface area contributed by atoms with Crippen molar-refractivity contribution in [3.63, 3.8) is 0 Å². The maximum absolute atomic E-state index is 14.4. The zero-order valence-electron chi connectivity index (χ0n) is 22.8. The molecule has 6 aromatic rings. The van der Waals surface area contributed by atoms with Gasteiger partial charge in [0.15, 0.2) is 0 Å². The Morgan fingerprint density at radius 3 is 2.36 bits per heavy atom. The molecule has 0 aliphatic rings. The van der Waals surface area contributed by atoms with Crippen LogP contribution in [0.25, 0.3) is 26.7 Å². The van der Waals surface area contributed by atoms with Crippen LogP contribution in [-0.4, -0.2) is 30.6 Å². The summed E-state index contributed by atoms with van der Waals surface area (Å²) in [7, 11) is 1.61. The van der Waals surface area contributed by atoms with E-state index < -0.39 is 0 Å². The van der Waals surface area contributed by atoms with Crippen molar-refractivity contribution in [3.05, 3.63) is 135 Å². The highest BCUT2D eigenvalue weighted by molar-refractivity contribution is 9.11. The molecule has 3 aromatic heterocycles. The molecule has 6 rings (SSSR count). The molecule has 6 nitrogen and oxygen atoms in total. The lowest BCUT2D eigenvalue weighted by Crippen LogP contribution is -2.35. The maximum atomic E-state index is 14.4. The van der Waals surface area contributed by atoms with Gasteiger partial charge in [-0.25, -0.2) is 0 Å². The average Bonchev–Trinajstić information content (AvgIpc) is 3.42. The van der Waals surface area contributed by atoms with Crippen molar-refractivity contribution in [1.29, 1.82) is 0 Å². The molecule has 42 heavy (non-hydrogen) atoms. The minimum atomic E-state index is -0.211. The first-order valence-corrected chi connectivity index (χ1v) is 15.0. The van der Waals surface area contributed by atoms with Crippen molar-refractivity contribution in [2.45, 2.75) is 6.61 Å². The second-order valence-corrected chi connectivity index (χ2v) is 12.2. The molecule has 0 aliphatic carbocycles. The summed E-state index contributed by atoms with van der Waals surface area (Å²) >= 11 is 5.08. The van der Waals surface area contributed by atoms with E-state index in [-0.39, 0.29) is 11.5 Å². The van der Waals surface area contributed by atoms with Crippen LogP contribution in [0.1, 0.15) is 15.9 Å². The molecule has 0 spiro atoms. The van der Waals surface area contributed by atoms with Gasteiger partial charge in [0, 0.05) is 31.1 Å². The minimum absolute atomic E-state index is 0.200. The summed E-state index contributed by atoms with van der Waals surface area (Å²) in [6, 6.07) is 32.5. The number of anilines is 1. The van der Waals surface area contributed by atoms with Crippen LogP contribution >= 0.6 is 27.3 Å². The Bertz CT molecular complexity index is 1920. The molecule has 0 unspecified atom stereocenters. The SMILES string of the molecule is COCCN(C(=O)c1cc(-c2ccc(OCc3ccccc3)cc2)c(=O)n2ccc3cc(Br)sc3c12)c1ccccc1. The number of nitrogens with zero attached hydrogens (tertiary/aromatic N) is 2. The fraction of sp³-hybridized carbons (Fsp3) is 0.118. The average molecular weight is 640 g/mol. The van der Waals surface area contributed by atoms with Crippen molar-refractivity contribution in [2.75, 3.05) is 25.2 Å². The number of carbonyl (C=O) groups is 1. The number of aromatic nitrogens is 1. The Kier molecular flexibility index (Phi) is 8.19. The third-order valence-corrected chi connectivity index (χ3v) is 8.72. The third kappa shape index (κ3) is 5.61. The molecule has 0 N–H and O–H groups in total. The van der Waals surface area contributed by atoms with Gasteiger partial charge in [-0.15, -0.1) is 11.3 Å². The Labute approximate surface area is 255 Å². The molecule has 3 aromatic carbocycles. The molecule has 0 bridgehead atoms. The molecule has 0 saturated heterocycles. The zero-order chi connectivity index (χ0) is 29.1. The molecule has 0 fully saturated rings. The fourth-order valence-electron chi connectivity index (χ4n) is 4.97. The zero-order valence-corrected chi connectivity index (χ0v) is 25.2. The number of thiophene rings is 1. The van der Waals surface area contributed by atoms with Gasteiger partial charge in [0.1, 0.15) is 12.4 Å². The summed E-state index contributed by atoms with van der Waals surface area (Å²) in [6.07, 6.45) is 1.75. The number of amides is 1. The van der Waals surface area contributed by atoms with Gasteiger partial charge in [-0.05, 0) is 74.9 Å². The van der Waals surface area contributed by atoms with Crippen molar-refractivity contribution >= 4 is 54.5 Å². The number of ether oxygens (including phenoxy) is 2. The van der Waals surface area contributed by atoms with Crippen LogP contribution in [0.5, 0.6) is 5.75 Å². The van der Waals surface area contributed by atoms with Crippen LogP contribution in [-0.2, 0) is 11.3 Å². The van der Waals surface area contributed by atoms with Crippen LogP contribution in [0.4, 0.5) is 5.69 Å². The fourth-order valence-corrected chi connectivity index (χ4v) is 6.64. The first-order valence-electron chi connectivity index (χ1n) is 13.4. The first-order chi connectivity index (χ1) is 20.5. The van der Waals surface area contributed by atoms with Crippen molar-refractivity contribution < 1.29 is 14.3 Å². The molecule has 3 heterocycles. The number of pyridine rings is 2. The minimum Gasteiger partial charge on any atom is -0.489 e. The Morgan fingerprint density at radius 2 is 1.64 bits per heavy atom. The number of para-hydroxylation sites is 1. The topological polar surface area (TPSA) is 60.2 Å². The van der Waals surface area contributed by atoms with Crippen LogP contribution in [0, 0.1) is 0 Å². The summed E-state index contributed by atoms with van der Waals surface area (Å²) in [5.41, 5.74) is 3.78. The van der Waals surface area contributed by atoms with E-state index in [0.29, 0.717) is 47.7 Å². The molecule has 0 radical (unpaired) electrons. The van der Waals surface area contributed by atoms with Gasteiger partial charge >= 0.3 is 0 Å². The highest BCUT2D eigenvalue weighted by Gasteiger charge is 2.24. The number of halogens is 1. The molecule has 210 valence electrons. The normalized spacial score (nSPS) is 11.2. The van der Waals surface area contributed by atoms with Gasteiger partial charge in [0.2, 0.25) is 0 Å². The van der Waals surface area contributed by atoms with E-state index in [2.05, 4.69) is 15.9 Å². The third-order valence-electron chi connectivity index (χ3n) is 7.06. The van der Waals surface area contributed by atoms with Gasteiger partial charge in [-0.2, -0.15) is 0 Å². The first kappa shape index (κ1) is 27.9. The summed E-state index contributed by atoms with van der Waals surface area (Å²) in [6.45, 7) is 1.17. The Balaban J connectivity index is 1.47. The van der Waals surface area contributed by atoms with E-state index in [4.69, 9.17) is 9.47 Å². The van der Waals surface area contributed by atoms with E-state index in [1.54, 1.807) is 28.7 Å². The lowest BCUT2D eigenvalue weighted by Gasteiger charge is -2.24. The predicted molar refractivity (Wildman–Crippen MR) is 173 cm³/mol. The second-order valence-electron chi connectivity index (χ2n) is 9.73. The van der Waals surface area contributed by atoms with E-state index in [1.165, 1.54) is 11.3 Å². The lowest BCUT2D eigenvalue weighted by molar-refractivity contribution is 0.0977. The molecular formula is C34H27BrN2O4S. The summed E-state index contributed by atoms with van der Waals surface area (Å²) in [5.74, 6) is 0.483. The van der Waals surface area contributed by atoms with Gasteiger partial charge in [-0.3, -0.25) is 14.0 Å². The van der Waals surface area contributed by atoms with Crippen LogP contribution < -0.4 is 15.2 Å². The molecule has 0 aliphatic heterocycles. The van der Waals surface area contributed by atoms with Gasteiger partial charge in [0.25, 0.3) is 11.5 Å². The lowest BCUT2D eigenvalue weighted by atomic mass is 10.0. The van der Waals surface area contributed by atoms with Crippen molar-refractivity contribution in [1.82, 2.24) is 4.40 Å². The quantitative estimate of drug-likeness (QED) is 0.162. The number of rotatable bonds is 9. The van der Waals surface area contributed by atoms with Crippen LogP contribution in [0.3, 0.4) is 0 Å². The van der Waals surface area contributed by atoms with E-state index in [9.17, 15) is 9.59 Å². The largest absolute Gasteiger partial charge is 0.489 e. The molecule has 0 saturated carbocycles. The number of fused-ring (bicyclic) bond motifs is 3. The highest BCUT2D eigenvalue weighted by Crippen LogP contribution is 2.35. The number of methoxy groups -OCH3 is 1. The molecule has 8 heteroatoms. The van der Waals surface area contributed by atoms with E-state index in [1.807, 2.05) is 97.1 Å². The standard InChI is InChI=1S/C34H27BrN2O4S/c1-40-19-18-36(26-10-6-3-7-11-26)34(39)29-21-28(33(38)37-17-16-25-20-30(35)42-32(25)31(29)37)24-12-14-27(15-13-24)41-22-23-8-4-2-5-9-23/h2-17,20-21H,18-19,22H2,1H3. The maximum Gasteiger partial charge on any atom is 0.263 e. The Hall–Kier alpha value is -4.24. The molecular weight excluding hydrogens is 612 g/mol. The Morgan fingerprint density at radius 1 is 0.929 bits per heavy atom. The summed E-state index contributed by atoms with van der Waals surface area (Å²) < 4.78 is 14.7. The number of hydrogen-bond donors (Lipinski definition) is 0. The molecule has 1 amide bonds. The van der Waals surface area contributed by atoms with Gasteiger partial charge in [0.05, 0.1) is 26.2 Å². The van der Waals surface area contributed by atoms with Crippen molar-refractivity contribution in [2.24, 2.45) is 0 Å². The summed E-state index contributed by atoms with van der Waals surface area (Å²) in [4.78, 5) is 30.1. The monoisotopic (exact) mass is 638 g/mol. The van der Waals surface area contributed by atoms with Gasteiger partial charge < -0.3 is 14.4 Å². The smallest absolute Gasteiger partial charge is 0.263 e. The summed E-state index contributed by atoms with van der Waals surface area (Å²) in [5, 5.41) is 0.955. The molecule has 0 atom stereocenters. The number of hydrogen-bond acceptors (Lipinski definition) is 5. The highest BCUT2D eigenvalue weighted by atomic mass is 79.9. The van der Waals surface area contributed by atoms with E-state index >= 15 is 0 Å². The van der Waals surface area contributed by atoms with Crippen molar-refractivity contribution in [3.8, 4) is 16.9 Å². The predicted octanol–water partition coefficient (Wildman–Crippen LogP) is 7.82. The number of carbonyl (C=O) groups excluding carboxylic acids is 1. The van der Waals surface area contributed by atoms with E-state index in [0.717, 1.165) is 25.1 Å². The second kappa shape index (κ2) is 12.3. The number of benzene rings is 3.